The molecule has 4 nitrogen and oxygen atoms in total. The molecule has 1 aliphatic heterocycles. The van der Waals surface area contributed by atoms with E-state index in [0.29, 0.717) is 32.9 Å². The van der Waals surface area contributed by atoms with E-state index in [1.165, 1.54) is 0 Å². The Kier molecular flexibility index (Phi) is 4.46. The van der Waals surface area contributed by atoms with Crippen molar-refractivity contribution < 1.29 is 9.15 Å². The van der Waals surface area contributed by atoms with Gasteiger partial charge in [-0.15, -0.1) is 0 Å². The summed E-state index contributed by atoms with van der Waals surface area (Å²) >= 11 is 19.1. The molecule has 0 unspecified atom stereocenters. The molecule has 0 amide bonds. The van der Waals surface area contributed by atoms with Crippen LogP contribution in [0, 0.1) is 0 Å². The van der Waals surface area contributed by atoms with Gasteiger partial charge in [0.2, 0.25) is 0 Å². The molecule has 0 atom stereocenters. The fourth-order valence-electron chi connectivity index (χ4n) is 4.15. The van der Waals surface area contributed by atoms with Crippen molar-refractivity contribution in [1.29, 1.82) is 0 Å². The van der Waals surface area contributed by atoms with Crippen molar-refractivity contribution in [3.63, 3.8) is 0 Å². The zero-order valence-corrected chi connectivity index (χ0v) is 17.1. The van der Waals surface area contributed by atoms with Crippen LogP contribution >= 0.6 is 34.8 Å². The summed E-state index contributed by atoms with van der Waals surface area (Å²) in [6.07, 6.45) is 3.67. The number of rotatable bonds is 1. The van der Waals surface area contributed by atoms with Crippen LogP contribution in [0.1, 0.15) is 29.5 Å². The van der Waals surface area contributed by atoms with E-state index >= 15 is 0 Å². The van der Waals surface area contributed by atoms with Gasteiger partial charge in [0.25, 0.3) is 0 Å². The first kappa shape index (κ1) is 18.2. The minimum Gasteiger partial charge on any atom is -0.471 e. The van der Waals surface area contributed by atoms with Gasteiger partial charge in [0.1, 0.15) is 11.3 Å². The van der Waals surface area contributed by atoms with Gasteiger partial charge in [-0.2, -0.15) is 0 Å². The van der Waals surface area contributed by atoms with E-state index in [-0.39, 0.29) is 12.4 Å². The highest BCUT2D eigenvalue weighted by Crippen LogP contribution is 2.42. The molecule has 1 aliphatic carbocycles. The number of aryl methyl sites for hydroxylation is 1. The van der Waals surface area contributed by atoms with Crippen molar-refractivity contribution in [3.8, 4) is 5.75 Å². The number of ether oxygens (including phenoxy) is 1. The second-order valence-corrected chi connectivity index (χ2v) is 8.41. The molecule has 144 valence electrons. The maximum Gasteiger partial charge on any atom is 0.339 e. The molecule has 3 aromatic rings. The first-order valence-electron chi connectivity index (χ1n) is 9.15. The molecule has 0 spiro atoms. The number of halogens is 3. The summed E-state index contributed by atoms with van der Waals surface area (Å²) in [7, 11) is 0. The van der Waals surface area contributed by atoms with E-state index in [2.05, 4.69) is 0 Å². The molecule has 2 aliphatic rings. The van der Waals surface area contributed by atoms with Crippen LogP contribution in [-0.4, -0.2) is 6.73 Å². The normalized spacial score (nSPS) is 15.9. The monoisotopic (exact) mass is 435 g/mol. The molecule has 2 heterocycles. The molecule has 0 saturated carbocycles. The van der Waals surface area contributed by atoms with Crippen LogP contribution in [0.2, 0.25) is 15.1 Å². The van der Waals surface area contributed by atoms with Crippen LogP contribution in [0.15, 0.2) is 33.5 Å². The molecule has 0 bridgehead atoms. The Morgan fingerprint density at radius 2 is 1.71 bits per heavy atom. The maximum absolute atomic E-state index is 12.6. The molecule has 0 radical (unpaired) electrons. The zero-order chi connectivity index (χ0) is 19.4. The fourth-order valence-corrected chi connectivity index (χ4v) is 4.83. The summed E-state index contributed by atoms with van der Waals surface area (Å²) in [6.45, 7) is 0.724. The third-order valence-corrected chi connectivity index (χ3v) is 6.31. The molecule has 5 rings (SSSR count). The van der Waals surface area contributed by atoms with Crippen molar-refractivity contribution in [2.75, 3.05) is 11.6 Å². The van der Waals surface area contributed by atoms with Gasteiger partial charge in [-0.05, 0) is 55.5 Å². The van der Waals surface area contributed by atoms with E-state index < -0.39 is 0 Å². The zero-order valence-electron chi connectivity index (χ0n) is 14.9. The van der Waals surface area contributed by atoms with Crippen LogP contribution < -0.4 is 15.3 Å². The van der Waals surface area contributed by atoms with E-state index in [1.54, 1.807) is 18.2 Å². The van der Waals surface area contributed by atoms with Gasteiger partial charge in [0.05, 0.1) is 27.8 Å². The van der Waals surface area contributed by atoms with Gasteiger partial charge >= 0.3 is 5.63 Å². The van der Waals surface area contributed by atoms with Crippen molar-refractivity contribution in [3.05, 3.63) is 66.4 Å². The van der Waals surface area contributed by atoms with Crippen molar-refractivity contribution in [2.45, 2.75) is 32.2 Å². The lowest BCUT2D eigenvalue weighted by molar-refractivity contribution is 0.289. The lowest BCUT2D eigenvalue weighted by Gasteiger charge is -2.32. The lowest BCUT2D eigenvalue weighted by atomic mass is 9.90. The number of benzene rings is 2. The third kappa shape index (κ3) is 2.86. The Morgan fingerprint density at radius 3 is 2.54 bits per heavy atom. The van der Waals surface area contributed by atoms with Crippen LogP contribution in [0.25, 0.3) is 11.0 Å². The topological polar surface area (TPSA) is 42.7 Å². The molecule has 0 N–H and O–H groups in total. The SMILES string of the molecule is O=c1oc2c3c(c(Cl)cc2c2c1CCCC2)OCN(c1cc(Cl)ccc1Cl)C3. The first-order valence-corrected chi connectivity index (χ1v) is 10.3. The number of hydrogen-bond acceptors (Lipinski definition) is 4. The van der Waals surface area contributed by atoms with Crippen molar-refractivity contribution in [1.82, 2.24) is 0 Å². The molecular weight excluding hydrogens is 421 g/mol. The summed E-state index contributed by atoms with van der Waals surface area (Å²) in [6, 6.07) is 7.15. The predicted molar refractivity (Wildman–Crippen MR) is 112 cm³/mol. The number of nitrogens with zero attached hydrogens (tertiary/aromatic N) is 1. The van der Waals surface area contributed by atoms with Gasteiger partial charge in [-0.1, -0.05) is 34.8 Å². The molecule has 2 aromatic carbocycles. The largest absolute Gasteiger partial charge is 0.471 e. The number of fused-ring (bicyclic) bond motifs is 5. The minimum atomic E-state index is -0.260. The van der Waals surface area contributed by atoms with E-state index in [0.717, 1.165) is 53.4 Å². The fraction of sp³-hybridized carbons (Fsp3) is 0.286. The van der Waals surface area contributed by atoms with Gasteiger partial charge in [-0.3, -0.25) is 0 Å². The highest BCUT2D eigenvalue weighted by atomic mass is 35.5. The number of anilines is 1. The molecule has 1 aromatic heterocycles. The molecule has 7 heteroatoms. The van der Waals surface area contributed by atoms with Gasteiger partial charge in [0.15, 0.2) is 6.73 Å². The highest BCUT2D eigenvalue weighted by molar-refractivity contribution is 6.35. The summed E-state index contributed by atoms with van der Waals surface area (Å²) in [5.41, 5.74) is 3.64. The van der Waals surface area contributed by atoms with Crippen molar-refractivity contribution in [2.24, 2.45) is 0 Å². The summed E-state index contributed by atoms with van der Waals surface area (Å²) in [5.74, 6) is 0.558. The predicted octanol–water partition coefficient (Wildman–Crippen LogP) is 5.99. The summed E-state index contributed by atoms with van der Waals surface area (Å²) < 4.78 is 11.7. The van der Waals surface area contributed by atoms with Gasteiger partial charge in [0, 0.05) is 16.0 Å². The van der Waals surface area contributed by atoms with Gasteiger partial charge in [-0.25, -0.2) is 4.79 Å². The molecular formula is C21H16Cl3NO3. The van der Waals surface area contributed by atoms with E-state index in [4.69, 9.17) is 44.0 Å². The third-order valence-electron chi connectivity index (χ3n) is 5.48. The quantitative estimate of drug-likeness (QED) is 0.440. The lowest BCUT2D eigenvalue weighted by Crippen LogP contribution is -2.32. The van der Waals surface area contributed by atoms with E-state index in [9.17, 15) is 4.79 Å². The Bertz CT molecular complexity index is 1170. The smallest absolute Gasteiger partial charge is 0.339 e. The van der Waals surface area contributed by atoms with Crippen molar-refractivity contribution >= 4 is 51.5 Å². The van der Waals surface area contributed by atoms with Crippen LogP contribution in [0.5, 0.6) is 5.75 Å². The summed E-state index contributed by atoms with van der Waals surface area (Å²) in [5, 5.41) is 2.59. The van der Waals surface area contributed by atoms with E-state index in [1.807, 2.05) is 11.0 Å². The van der Waals surface area contributed by atoms with Gasteiger partial charge < -0.3 is 14.1 Å². The first-order chi connectivity index (χ1) is 13.5. The standard InChI is InChI=1S/C21H16Cl3NO3/c22-11-5-6-16(23)18(7-11)25-9-15-19-14(8-17(24)20(15)27-10-25)12-3-1-2-4-13(12)21(26)28-19/h5-8H,1-4,9-10H2. The molecule has 28 heavy (non-hydrogen) atoms. The molecule has 0 saturated heterocycles. The number of hydrogen-bond donors (Lipinski definition) is 0. The Hall–Kier alpha value is -1.88. The minimum absolute atomic E-state index is 0.260. The Labute approximate surface area is 176 Å². The average molecular weight is 437 g/mol. The maximum atomic E-state index is 12.6. The van der Waals surface area contributed by atoms with Crippen LogP contribution in [-0.2, 0) is 19.4 Å². The van der Waals surface area contributed by atoms with Crippen LogP contribution in [0.3, 0.4) is 0 Å². The second-order valence-electron chi connectivity index (χ2n) is 7.16. The van der Waals surface area contributed by atoms with Crippen LogP contribution in [0.4, 0.5) is 5.69 Å². The second kappa shape index (κ2) is 6.87. The average Bonchev–Trinajstić information content (AvgIpc) is 2.71. The highest BCUT2D eigenvalue weighted by Gasteiger charge is 2.28. The summed E-state index contributed by atoms with van der Waals surface area (Å²) in [4.78, 5) is 14.6. The molecule has 0 fully saturated rings. The Balaban J connectivity index is 1.70. The Morgan fingerprint density at radius 1 is 0.929 bits per heavy atom.